The largest absolute Gasteiger partial charge is 0.388 e. The molecule has 380 valence electrons. The van der Waals surface area contributed by atoms with Crippen LogP contribution in [0.3, 0.4) is 0 Å². The van der Waals surface area contributed by atoms with Crippen LogP contribution in [0.25, 0.3) is 22.3 Å². The van der Waals surface area contributed by atoms with Crippen LogP contribution in [0.4, 0.5) is 23.5 Å². The van der Waals surface area contributed by atoms with E-state index in [2.05, 4.69) is 51.6 Å². The summed E-state index contributed by atoms with van der Waals surface area (Å²) in [5, 5.41) is 77.6. The molecule has 8 heterocycles. The van der Waals surface area contributed by atoms with Crippen LogP contribution in [0.2, 0.25) is 0 Å². The van der Waals surface area contributed by atoms with Crippen molar-refractivity contribution >= 4 is 45.9 Å². The number of aliphatic hydroxyl groups is 4. The smallest absolute Gasteiger partial charge is 0.226 e. The molecule has 8 N–H and O–H groups in total. The fraction of sp³-hybridized carbons (Fsp3) is 0.565. The topological polar surface area (TPSA) is 313 Å². The number of aromatic nitrogens is 18. The Morgan fingerprint density at radius 2 is 0.944 bits per heavy atom. The van der Waals surface area contributed by atoms with Crippen molar-refractivity contribution in [2.75, 3.05) is 34.4 Å². The van der Waals surface area contributed by atoms with Crippen LogP contribution in [-0.4, -0.2) is 158 Å². The Kier molecular flexibility index (Phi) is 13.0. The van der Waals surface area contributed by atoms with Gasteiger partial charge in [-0.05, 0) is 51.4 Å². The molecule has 8 aromatic heterocycles. The predicted molar refractivity (Wildman–Crippen MR) is 263 cm³/mol. The first kappa shape index (κ1) is 47.2. The third-order valence-electron chi connectivity index (χ3n) is 14.5. The molecule has 26 heteroatoms. The first-order valence-electron chi connectivity index (χ1n) is 25.0. The van der Waals surface area contributed by atoms with Crippen LogP contribution in [0, 0.1) is 0 Å². The average molecular weight is 987 g/mol. The van der Waals surface area contributed by atoms with Crippen molar-refractivity contribution in [2.45, 2.75) is 139 Å². The van der Waals surface area contributed by atoms with Crippen molar-refractivity contribution in [1.82, 2.24) is 88.1 Å². The Bertz CT molecular complexity index is 2920. The summed E-state index contributed by atoms with van der Waals surface area (Å²) in [6.07, 6.45) is 16.4. The minimum Gasteiger partial charge on any atom is -0.388 e. The second-order valence-electron chi connectivity index (χ2n) is 19.4. The number of aliphatic hydroxyl groups excluding tert-OH is 4. The van der Waals surface area contributed by atoms with Gasteiger partial charge in [0.05, 0.1) is 72.6 Å². The summed E-state index contributed by atoms with van der Waals surface area (Å²) < 4.78 is 7.50. The summed E-state index contributed by atoms with van der Waals surface area (Å²) >= 11 is 0. The van der Waals surface area contributed by atoms with Gasteiger partial charge in [-0.15, -0.1) is 0 Å². The molecule has 0 bridgehead atoms. The molecular formula is C46H62N22O4. The Morgan fingerprint density at radius 3 is 1.32 bits per heavy atom. The third-order valence-corrected chi connectivity index (χ3v) is 14.5. The van der Waals surface area contributed by atoms with Crippen molar-refractivity contribution < 1.29 is 20.4 Å². The van der Waals surface area contributed by atoms with Crippen LogP contribution in [0.1, 0.15) is 99.3 Å². The van der Waals surface area contributed by atoms with Crippen LogP contribution in [0.5, 0.6) is 0 Å². The number of aryl methyl sites for hydroxylation is 4. The Hall–Kier alpha value is -7.16. The molecule has 3 aliphatic rings. The van der Waals surface area contributed by atoms with Crippen molar-refractivity contribution in [3.05, 3.63) is 72.9 Å². The van der Waals surface area contributed by atoms with E-state index in [-0.39, 0.29) is 12.1 Å². The summed E-state index contributed by atoms with van der Waals surface area (Å²) in [4.78, 5) is 41.4. The molecule has 0 saturated heterocycles. The van der Waals surface area contributed by atoms with Gasteiger partial charge in [-0.3, -0.25) is 0 Å². The van der Waals surface area contributed by atoms with Crippen LogP contribution in [0.15, 0.2) is 50.1 Å². The van der Waals surface area contributed by atoms with Crippen molar-refractivity contribution in [3.8, 4) is 0 Å². The summed E-state index contributed by atoms with van der Waals surface area (Å²) in [5.41, 5.74) is 5.66. The molecule has 3 aliphatic carbocycles. The highest BCUT2D eigenvalue weighted by molar-refractivity contribution is 5.85. The van der Waals surface area contributed by atoms with Gasteiger partial charge in [-0.25, -0.2) is 19.9 Å². The first-order valence-corrected chi connectivity index (χ1v) is 25.0. The Balaban J connectivity index is 0.821. The fourth-order valence-corrected chi connectivity index (χ4v) is 10.5. The first-order chi connectivity index (χ1) is 35.0. The van der Waals surface area contributed by atoms with Crippen LogP contribution < -0.4 is 21.3 Å². The quantitative estimate of drug-likeness (QED) is 0.0607. The number of rotatable bonds is 18. The molecule has 11 rings (SSSR count). The number of nitrogens with one attached hydrogen (secondary N) is 4. The van der Waals surface area contributed by atoms with Crippen molar-refractivity contribution in [2.24, 2.45) is 14.1 Å². The molecule has 0 amide bonds. The summed E-state index contributed by atoms with van der Waals surface area (Å²) in [7, 11) is 3.88. The monoisotopic (exact) mass is 987 g/mol. The number of hydrogen-bond donors (Lipinski definition) is 8. The Labute approximate surface area is 413 Å². The lowest BCUT2D eigenvalue weighted by atomic mass is 9.91. The zero-order valence-corrected chi connectivity index (χ0v) is 40.7. The summed E-state index contributed by atoms with van der Waals surface area (Å²) in [5.74, 6) is 1.95. The second kappa shape index (κ2) is 19.8. The minimum atomic E-state index is -1.12. The van der Waals surface area contributed by atoms with E-state index in [9.17, 15) is 20.4 Å². The standard InChI is InChI=1S/C46H62N22O4/c1-5-25-17-53-67(61-25)33-15-31(37(69)39(33)71)65-23-51-35-41(57-45(59-43(35)65)47-13-11-29-19-63(3)21-49-29)55-27-7-9-28(10-8-27)56-42-36-44(60-46(58-42)48-14-12-30-20-64(4)22-50-30)66(24-52-36)32-16-34(40(72)38(32)70)68-54-18-26(6-2)62-68/h17-24,27-28,31-34,37-40,69-72H,5-16H2,1-4H3,(H2,47,55,57,59)(H2,48,56,58,60)/t27-,28-,31-,32-,33+,34+,37+,38+,39-,40-/m1/s1. The lowest BCUT2D eigenvalue weighted by Gasteiger charge is -2.30. The van der Waals surface area contributed by atoms with E-state index in [1.165, 1.54) is 9.59 Å². The molecule has 0 aromatic carbocycles. The second-order valence-corrected chi connectivity index (χ2v) is 19.4. The van der Waals surface area contributed by atoms with E-state index in [0.717, 1.165) is 48.5 Å². The van der Waals surface area contributed by atoms with Gasteiger partial charge in [0.1, 0.15) is 36.5 Å². The summed E-state index contributed by atoms with van der Waals surface area (Å²) in [6.45, 7) is 5.06. The van der Waals surface area contributed by atoms with Gasteiger partial charge in [0.2, 0.25) is 11.9 Å². The lowest BCUT2D eigenvalue weighted by Crippen LogP contribution is -2.33. The van der Waals surface area contributed by atoms with E-state index >= 15 is 0 Å². The van der Waals surface area contributed by atoms with Crippen molar-refractivity contribution in [3.63, 3.8) is 0 Å². The molecule has 0 unspecified atom stereocenters. The van der Waals surface area contributed by atoms with Gasteiger partial charge < -0.3 is 60.0 Å². The fourth-order valence-electron chi connectivity index (χ4n) is 10.5. The Morgan fingerprint density at radius 1 is 0.528 bits per heavy atom. The van der Waals surface area contributed by atoms with Gasteiger partial charge in [-0.2, -0.15) is 49.9 Å². The minimum absolute atomic E-state index is 0.0453. The van der Waals surface area contributed by atoms with E-state index in [4.69, 9.17) is 29.9 Å². The third kappa shape index (κ3) is 9.29. The van der Waals surface area contributed by atoms with E-state index < -0.39 is 48.6 Å². The van der Waals surface area contributed by atoms with Crippen LogP contribution >= 0.6 is 0 Å². The lowest BCUT2D eigenvalue weighted by molar-refractivity contribution is 0.00497. The van der Waals surface area contributed by atoms with Gasteiger partial charge >= 0.3 is 0 Å². The normalized spacial score (nSPS) is 25.5. The summed E-state index contributed by atoms with van der Waals surface area (Å²) in [6, 6.07) is -2.06. The highest BCUT2D eigenvalue weighted by atomic mass is 16.3. The van der Waals surface area contributed by atoms with Crippen LogP contribution in [-0.2, 0) is 39.8 Å². The molecule has 72 heavy (non-hydrogen) atoms. The maximum atomic E-state index is 11.5. The highest BCUT2D eigenvalue weighted by Gasteiger charge is 2.46. The predicted octanol–water partition coefficient (Wildman–Crippen LogP) is 1.70. The molecule has 0 aliphatic heterocycles. The molecular weight excluding hydrogens is 925 g/mol. The SMILES string of the molecule is CCc1cnn([C@H]2C[C@@H](n3cnc4c(N[C@H]5CC[C@H](Nc6nc(NCCc7cn(C)cn7)nc7c6ncn7[C@@H]6C[C@H](n7ncc(CC)n7)[C@@H](O)[C@H]6O)CC5)nc(NCCc5cn(C)cn5)nc43)[C@H](O)[C@@H]2O)n1. The van der Waals surface area contributed by atoms with Gasteiger partial charge in [0.15, 0.2) is 34.0 Å². The number of nitrogens with zero attached hydrogens (tertiary/aromatic N) is 18. The zero-order chi connectivity index (χ0) is 49.6. The molecule has 0 spiro atoms. The number of anilines is 4. The van der Waals surface area contributed by atoms with E-state index in [1.807, 2.05) is 58.6 Å². The molecule has 3 fully saturated rings. The molecule has 26 nitrogen and oxygen atoms in total. The molecule has 0 radical (unpaired) electrons. The number of imidazole rings is 4. The zero-order valence-electron chi connectivity index (χ0n) is 40.7. The molecule has 8 atom stereocenters. The molecule has 3 saturated carbocycles. The maximum absolute atomic E-state index is 11.5. The van der Waals surface area contributed by atoms with Crippen molar-refractivity contribution in [1.29, 1.82) is 0 Å². The molecule has 8 aromatic rings. The maximum Gasteiger partial charge on any atom is 0.226 e. The number of fused-ring (bicyclic) bond motifs is 2. The van der Waals surface area contributed by atoms with Gasteiger partial charge in [0, 0.05) is 64.5 Å². The number of hydrogen-bond acceptors (Lipinski definition) is 20. The van der Waals surface area contributed by atoms with E-state index in [1.54, 1.807) is 37.7 Å². The highest BCUT2D eigenvalue weighted by Crippen LogP contribution is 2.42. The van der Waals surface area contributed by atoms with Gasteiger partial charge in [0.25, 0.3) is 0 Å². The van der Waals surface area contributed by atoms with Gasteiger partial charge in [-0.1, -0.05) is 13.8 Å². The average Bonchev–Trinajstić information content (AvgIpc) is 4.26. The van der Waals surface area contributed by atoms with E-state index in [0.29, 0.717) is 97.5 Å².